The first-order valence-electron chi connectivity index (χ1n) is 9.25. The summed E-state index contributed by atoms with van der Waals surface area (Å²) in [4.78, 5) is 11.0. The van der Waals surface area contributed by atoms with Gasteiger partial charge in [-0.05, 0) is 30.9 Å². The van der Waals surface area contributed by atoms with Gasteiger partial charge < -0.3 is 20.3 Å². The van der Waals surface area contributed by atoms with Crippen molar-refractivity contribution in [1.82, 2.24) is 25.1 Å². The Morgan fingerprint density at radius 1 is 1.31 bits per heavy atom. The minimum Gasteiger partial charge on any atom is -0.378 e. The Labute approximate surface area is 154 Å². The fourth-order valence-electron chi connectivity index (χ4n) is 4.08. The normalized spacial score (nSPS) is 22.0. The Morgan fingerprint density at radius 2 is 2.19 bits per heavy atom. The van der Waals surface area contributed by atoms with Gasteiger partial charge in [0.25, 0.3) is 0 Å². The largest absolute Gasteiger partial charge is 0.378 e. The van der Waals surface area contributed by atoms with E-state index in [1.54, 1.807) is 13.3 Å². The molecule has 1 aliphatic heterocycles. The average molecular weight is 357 g/mol. The molecule has 2 aromatic heterocycles. The van der Waals surface area contributed by atoms with Crippen LogP contribution in [0, 0.1) is 0 Å². The minimum absolute atomic E-state index is 0.129. The summed E-state index contributed by atoms with van der Waals surface area (Å²) < 4.78 is 7.78. The molecule has 8 heteroatoms. The molecule has 2 atom stereocenters. The van der Waals surface area contributed by atoms with Gasteiger partial charge in [0.1, 0.15) is 5.82 Å². The first-order valence-corrected chi connectivity index (χ1v) is 9.25. The second-order valence-electron chi connectivity index (χ2n) is 7.00. The molecule has 1 saturated heterocycles. The zero-order valence-electron chi connectivity index (χ0n) is 15.7. The van der Waals surface area contributed by atoms with Gasteiger partial charge in [-0.3, -0.25) is 4.68 Å². The van der Waals surface area contributed by atoms with Gasteiger partial charge in [-0.2, -0.15) is 10.1 Å². The number of anilines is 2. The molecule has 0 saturated carbocycles. The van der Waals surface area contributed by atoms with Gasteiger partial charge in [0.05, 0.1) is 23.5 Å². The minimum atomic E-state index is 0.129. The Balaban J connectivity index is 1.45. The summed E-state index contributed by atoms with van der Waals surface area (Å²) in [5.74, 6) is 1.57. The topological polar surface area (TPSA) is 80.1 Å². The standard InChI is InChI=1S/C18H27N7O/c1-19-18-20-8-7-17(22-18)25-10-14(16(11-25)26-3)21-9-15-12-5-4-6-13(12)23-24(15)2/h7-8,14,16,21H,4-6,9-11H2,1-3H3,(H,19,20,22)/t14-,16+/m1/s1. The van der Waals surface area contributed by atoms with Crippen molar-refractivity contribution >= 4 is 11.8 Å². The zero-order chi connectivity index (χ0) is 18.1. The van der Waals surface area contributed by atoms with E-state index in [1.165, 1.54) is 23.4 Å². The molecule has 26 heavy (non-hydrogen) atoms. The monoisotopic (exact) mass is 357 g/mol. The molecule has 1 aliphatic carbocycles. The summed E-state index contributed by atoms with van der Waals surface area (Å²) >= 11 is 0. The van der Waals surface area contributed by atoms with Crippen molar-refractivity contribution in [2.45, 2.75) is 38.0 Å². The highest BCUT2D eigenvalue weighted by atomic mass is 16.5. The van der Waals surface area contributed by atoms with Crippen molar-refractivity contribution in [3.8, 4) is 0 Å². The Hall–Kier alpha value is -2.19. The van der Waals surface area contributed by atoms with Crippen molar-refractivity contribution < 1.29 is 4.74 Å². The van der Waals surface area contributed by atoms with Crippen LogP contribution in [0.1, 0.15) is 23.4 Å². The molecule has 1 fully saturated rings. The molecule has 0 amide bonds. The number of aromatic nitrogens is 4. The van der Waals surface area contributed by atoms with Gasteiger partial charge >= 0.3 is 0 Å². The van der Waals surface area contributed by atoms with E-state index in [-0.39, 0.29) is 12.1 Å². The molecule has 140 valence electrons. The van der Waals surface area contributed by atoms with Crippen molar-refractivity contribution in [1.29, 1.82) is 0 Å². The van der Waals surface area contributed by atoms with Crippen molar-refractivity contribution in [3.05, 3.63) is 29.2 Å². The van der Waals surface area contributed by atoms with Crippen LogP contribution in [0.5, 0.6) is 0 Å². The SMILES string of the molecule is CNc1nccc(N2C[C@H](OC)[C@H](NCc3c4c(nn3C)CCC4)C2)n1. The molecule has 2 aromatic rings. The summed E-state index contributed by atoms with van der Waals surface area (Å²) in [5.41, 5.74) is 4.03. The molecular formula is C18H27N7O. The second-order valence-corrected chi connectivity index (χ2v) is 7.00. The highest BCUT2D eigenvalue weighted by molar-refractivity contribution is 5.44. The van der Waals surface area contributed by atoms with Crippen LogP contribution in [0.3, 0.4) is 0 Å². The predicted octanol–water partition coefficient (Wildman–Crippen LogP) is 0.734. The van der Waals surface area contributed by atoms with Crippen molar-refractivity contribution in [2.75, 3.05) is 37.5 Å². The molecule has 2 aliphatic rings. The number of aryl methyl sites for hydroxylation is 2. The van der Waals surface area contributed by atoms with Gasteiger partial charge in [-0.15, -0.1) is 0 Å². The smallest absolute Gasteiger partial charge is 0.224 e. The number of hydrogen-bond donors (Lipinski definition) is 2. The lowest BCUT2D eigenvalue weighted by Gasteiger charge is -2.19. The molecule has 8 nitrogen and oxygen atoms in total. The first-order chi connectivity index (χ1) is 12.7. The summed E-state index contributed by atoms with van der Waals surface area (Å²) in [6.07, 6.45) is 5.41. The molecular weight excluding hydrogens is 330 g/mol. The summed E-state index contributed by atoms with van der Waals surface area (Å²) in [6, 6.07) is 2.20. The van der Waals surface area contributed by atoms with E-state index in [2.05, 4.69) is 30.6 Å². The summed E-state index contributed by atoms with van der Waals surface area (Å²) in [6.45, 7) is 2.50. The van der Waals surface area contributed by atoms with E-state index >= 15 is 0 Å². The van der Waals surface area contributed by atoms with Crippen molar-refractivity contribution in [3.63, 3.8) is 0 Å². The maximum absolute atomic E-state index is 5.74. The highest BCUT2D eigenvalue weighted by Crippen LogP contribution is 2.25. The number of nitrogens with zero attached hydrogens (tertiary/aromatic N) is 5. The quantitative estimate of drug-likeness (QED) is 0.789. The Kier molecular flexibility index (Phi) is 4.78. The number of hydrogen-bond acceptors (Lipinski definition) is 7. The number of rotatable bonds is 6. The van der Waals surface area contributed by atoms with Crippen LogP contribution >= 0.6 is 0 Å². The van der Waals surface area contributed by atoms with E-state index in [0.717, 1.165) is 38.3 Å². The van der Waals surface area contributed by atoms with Crippen LogP contribution in [0.15, 0.2) is 12.3 Å². The fraction of sp³-hybridized carbons (Fsp3) is 0.611. The van der Waals surface area contributed by atoms with Crippen LogP contribution in [-0.2, 0) is 31.2 Å². The van der Waals surface area contributed by atoms with E-state index in [4.69, 9.17) is 4.74 Å². The van der Waals surface area contributed by atoms with Gasteiger partial charge in [0, 0.05) is 47.0 Å². The molecule has 3 heterocycles. The molecule has 0 bridgehead atoms. The zero-order valence-corrected chi connectivity index (χ0v) is 15.7. The number of methoxy groups -OCH3 is 1. The lowest BCUT2D eigenvalue weighted by molar-refractivity contribution is 0.0964. The number of fused-ring (bicyclic) bond motifs is 1. The number of nitrogens with one attached hydrogen (secondary N) is 2. The van der Waals surface area contributed by atoms with Crippen LogP contribution in [-0.4, -0.2) is 59.1 Å². The van der Waals surface area contributed by atoms with Gasteiger partial charge in [0.15, 0.2) is 0 Å². The lowest BCUT2D eigenvalue weighted by atomic mass is 10.1. The second kappa shape index (κ2) is 7.20. The maximum Gasteiger partial charge on any atom is 0.224 e. The maximum atomic E-state index is 5.74. The Morgan fingerprint density at radius 3 is 3.00 bits per heavy atom. The average Bonchev–Trinajstić information content (AvgIpc) is 3.35. The summed E-state index contributed by atoms with van der Waals surface area (Å²) in [5, 5.41) is 11.4. The first kappa shape index (κ1) is 17.2. The molecule has 0 unspecified atom stereocenters. The van der Waals surface area contributed by atoms with Crippen LogP contribution in [0.2, 0.25) is 0 Å². The van der Waals surface area contributed by atoms with Crippen LogP contribution in [0.4, 0.5) is 11.8 Å². The third-order valence-corrected chi connectivity index (χ3v) is 5.49. The lowest BCUT2D eigenvalue weighted by Crippen LogP contribution is -2.40. The molecule has 2 N–H and O–H groups in total. The van der Waals surface area contributed by atoms with Gasteiger partial charge in [-0.25, -0.2) is 4.98 Å². The van der Waals surface area contributed by atoms with Gasteiger partial charge in [-0.1, -0.05) is 0 Å². The predicted molar refractivity (Wildman–Crippen MR) is 100 cm³/mol. The molecule has 4 rings (SSSR count). The molecule has 0 aromatic carbocycles. The van der Waals surface area contributed by atoms with E-state index in [0.29, 0.717) is 5.95 Å². The highest BCUT2D eigenvalue weighted by Gasteiger charge is 2.34. The molecule has 0 spiro atoms. The van der Waals surface area contributed by atoms with Crippen molar-refractivity contribution in [2.24, 2.45) is 7.05 Å². The van der Waals surface area contributed by atoms with E-state index < -0.39 is 0 Å². The van der Waals surface area contributed by atoms with Crippen LogP contribution in [0.25, 0.3) is 0 Å². The van der Waals surface area contributed by atoms with E-state index in [1.807, 2.05) is 24.8 Å². The van der Waals surface area contributed by atoms with Crippen LogP contribution < -0.4 is 15.5 Å². The fourth-order valence-corrected chi connectivity index (χ4v) is 4.08. The van der Waals surface area contributed by atoms with Gasteiger partial charge in [0.2, 0.25) is 5.95 Å². The third kappa shape index (κ3) is 3.14. The molecule has 0 radical (unpaired) electrons. The number of ether oxygens (including phenoxy) is 1. The van der Waals surface area contributed by atoms with E-state index in [9.17, 15) is 0 Å². The Bertz CT molecular complexity index is 775. The third-order valence-electron chi connectivity index (χ3n) is 5.49. The summed E-state index contributed by atoms with van der Waals surface area (Å²) in [7, 11) is 5.66.